The average molecular weight is 806 g/mol. The van der Waals surface area contributed by atoms with E-state index in [0.717, 1.165) is 57.8 Å². The summed E-state index contributed by atoms with van der Waals surface area (Å²) < 4.78 is 5.45. The lowest BCUT2D eigenvalue weighted by atomic mass is 10.0. The third kappa shape index (κ3) is 44.0. The molecule has 0 aromatic heterocycles. The fourth-order valence-electron chi connectivity index (χ4n) is 7.87. The van der Waals surface area contributed by atoms with E-state index in [1.165, 1.54) is 186 Å². The van der Waals surface area contributed by atoms with Crippen molar-refractivity contribution in [3.8, 4) is 0 Å². The number of aliphatic hydroxyl groups is 2. The van der Waals surface area contributed by atoms with Crippen LogP contribution in [0.1, 0.15) is 277 Å². The van der Waals surface area contributed by atoms with Crippen molar-refractivity contribution >= 4 is 11.9 Å². The smallest absolute Gasteiger partial charge is 0.305 e. The summed E-state index contributed by atoms with van der Waals surface area (Å²) in [4.78, 5) is 24.5. The number of rotatable bonds is 47. The molecule has 0 aromatic rings. The molecule has 0 saturated heterocycles. The maximum absolute atomic E-state index is 12.4. The minimum absolute atomic E-state index is 0.0269. The molecule has 0 saturated carbocycles. The summed E-state index contributed by atoms with van der Waals surface area (Å²) in [6, 6.07) is -0.557. The fraction of sp³-hybridized carbons (Fsp3) is 0.922. The summed E-state index contributed by atoms with van der Waals surface area (Å²) in [5, 5.41) is 23.2. The molecular formula is C51H99NO5. The van der Waals surface area contributed by atoms with E-state index in [1.54, 1.807) is 0 Å². The lowest BCUT2D eigenvalue weighted by molar-refractivity contribution is -0.143. The average Bonchev–Trinajstić information content (AvgIpc) is 3.21. The van der Waals surface area contributed by atoms with E-state index in [2.05, 4.69) is 31.3 Å². The van der Waals surface area contributed by atoms with Gasteiger partial charge in [-0.25, -0.2) is 0 Å². The number of aliphatic hydroxyl groups excluding tert-OH is 2. The molecule has 2 atom stereocenters. The van der Waals surface area contributed by atoms with Crippen molar-refractivity contribution in [3.05, 3.63) is 12.2 Å². The highest BCUT2D eigenvalue weighted by molar-refractivity contribution is 5.76. The monoisotopic (exact) mass is 806 g/mol. The number of hydrogen-bond acceptors (Lipinski definition) is 5. The lowest BCUT2D eigenvalue weighted by Gasteiger charge is -2.22. The zero-order chi connectivity index (χ0) is 41.5. The number of ether oxygens (including phenoxy) is 1. The van der Waals surface area contributed by atoms with E-state index in [4.69, 9.17) is 4.74 Å². The van der Waals surface area contributed by atoms with E-state index in [0.29, 0.717) is 25.9 Å². The van der Waals surface area contributed by atoms with Gasteiger partial charge in [-0.3, -0.25) is 9.59 Å². The first-order valence-electron chi connectivity index (χ1n) is 25.4. The molecule has 6 nitrogen and oxygen atoms in total. The van der Waals surface area contributed by atoms with Crippen LogP contribution in [0, 0.1) is 0 Å². The molecule has 0 fully saturated rings. The Morgan fingerprint density at radius 1 is 0.474 bits per heavy atom. The first-order valence-corrected chi connectivity index (χ1v) is 25.4. The molecule has 0 aliphatic heterocycles. The Kier molecular flexibility index (Phi) is 46.1. The molecular weight excluding hydrogens is 707 g/mol. The van der Waals surface area contributed by atoms with Gasteiger partial charge < -0.3 is 20.3 Å². The highest BCUT2D eigenvalue weighted by Crippen LogP contribution is 2.16. The minimum Gasteiger partial charge on any atom is -0.466 e. The number of carbonyl (C=O) groups is 2. The van der Waals surface area contributed by atoms with Gasteiger partial charge in [0.05, 0.1) is 25.4 Å². The lowest BCUT2D eigenvalue weighted by Crippen LogP contribution is -2.45. The summed E-state index contributed by atoms with van der Waals surface area (Å²) in [7, 11) is 0. The highest BCUT2D eigenvalue weighted by Gasteiger charge is 2.20. The van der Waals surface area contributed by atoms with Gasteiger partial charge in [0.25, 0.3) is 0 Å². The van der Waals surface area contributed by atoms with Crippen molar-refractivity contribution in [2.75, 3.05) is 13.2 Å². The van der Waals surface area contributed by atoms with Gasteiger partial charge in [-0.15, -0.1) is 0 Å². The number of unbranched alkanes of at least 4 members (excludes halogenated alkanes) is 34. The van der Waals surface area contributed by atoms with Crippen molar-refractivity contribution in [3.63, 3.8) is 0 Å². The molecule has 0 rings (SSSR count). The fourth-order valence-corrected chi connectivity index (χ4v) is 7.87. The van der Waals surface area contributed by atoms with Crippen molar-refractivity contribution in [1.29, 1.82) is 0 Å². The predicted octanol–water partition coefficient (Wildman–Crippen LogP) is 15.0. The number of nitrogens with one attached hydrogen (secondary N) is 1. The third-order valence-corrected chi connectivity index (χ3v) is 11.8. The highest BCUT2D eigenvalue weighted by atomic mass is 16.5. The Balaban J connectivity index is 3.48. The van der Waals surface area contributed by atoms with Gasteiger partial charge in [0.1, 0.15) is 0 Å². The molecule has 0 bridgehead atoms. The topological polar surface area (TPSA) is 95.9 Å². The Bertz CT molecular complexity index is 847. The number of carbonyl (C=O) groups excluding carboxylic acids is 2. The number of hydrogen-bond donors (Lipinski definition) is 3. The van der Waals surface area contributed by atoms with Crippen LogP contribution in [-0.2, 0) is 14.3 Å². The van der Waals surface area contributed by atoms with Gasteiger partial charge >= 0.3 is 5.97 Å². The van der Waals surface area contributed by atoms with Gasteiger partial charge in [-0.1, -0.05) is 225 Å². The number of allylic oxidation sites excluding steroid dienone is 2. The number of esters is 1. The predicted molar refractivity (Wildman–Crippen MR) is 246 cm³/mol. The maximum atomic E-state index is 12.4. The van der Waals surface area contributed by atoms with Crippen LogP contribution in [-0.4, -0.2) is 47.4 Å². The van der Waals surface area contributed by atoms with Crippen LogP contribution in [0.25, 0.3) is 0 Å². The van der Waals surface area contributed by atoms with Gasteiger partial charge in [0.2, 0.25) is 5.91 Å². The molecule has 0 aliphatic rings. The van der Waals surface area contributed by atoms with Gasteiger partial charge in [0.15, 0.2) is 0 Å². The van der Waals surface area contributed by atoms with Crippen LogP contribution in [0.4, 0.5) is 0 Å². The summed E-state index contributed by atoms with van der Waals surface area (Å²) in [5.41, 5.74) is 0. The Hall–Kier alpha value is -1.40. The third-order valence-electron chi connectivity index (χ3n) is 11.8. The largest absolute Gasteiger partial charge is 0.466 e. The van der Waals surface area contributed by atoms with Crippen LogP contribution < -0.4 is 5.32 Å². The number of amides is 1. The molecule has 338 valence electrons. The Morgan fingerprint density at radius 3 is 1.25 bits per heavy atom. The quantitative estimate of drug-likeness (QED) is 0.0323. The van der Waals surface area contributed by atoms with Crippen LogP contribution in [0.15, 0.2) is 12.2 Å². The summed E-state index contributed by atoms with van der Waals surface area (Å²) in [5.74, 6) is -0.0838. The van der Waals surface area contributed by atoms with Crippen molar-refractivity contribution < 1.29 is 24.5 Å². The van der Waals surface area contributed by atoms with E-state index in [1.807, 2.05) is 0 Å². The Morgan fingerprint density at radius 2 is 0.825 bits per heavy atom. The van der Waals surface area contributed by atoms with Crippen LogP contribution in [0.2, 0.25) is 0 Å². The first-order chi connectivity index (χ1) is 28.0. The molecule has 0 radical (unpaired) electrons. The van der Waals surface area contributed by atoms with Gasteiger partial charge in [0, 0.05) is 12.8 Å². The SMILES string of the molecule is CCCCCCC/C=C\CCCCCCCC(=O)OCCCCCCCCCCCCC(=O)NC(CO)C(O)CCCCCCCCCCCCCCCCCC. The van der Waals surface area contributed by atoms with E-state index in [9.17, 15) is 19.8 Å². The second kappa shape index (κ2) is 47.3. The molecule has 57 heavy (non-hydrogen) atoms. The molecule has 0 aliphatic carbocycles. The standard InChI is InChI=1S/C51H99NO5/c1-3-5-7-9-11-13-15-17-19-20-21-23-27-31-35-39-43-49(54)48(47-53)52-50(55)44-40-36-32-28-25-26-30-34-38-42-46-57-51(56)45-41-37-33-29-24-22-18-16-14-12-10-8-6-4-2/h16,18,48-49,53-54H,3-15,17,19-47H2,1-2H3,(H,52,55)/b18-16-. The molecule has 6 heteroatoms. The summed E-state index contributed by atoms with van der Waals surface area (Å²) in [6.45, 7) is 4.89. The molecule has 3 N–H and O–H groups in total. The zero-order valence-electron chi connectivity index (χ0n) is 38.3. The minimum atomic E-state index is -0.678. The normalized spacial score (nSPS) is 12.7. The second-order valence-corrected chi connectivity index (χ2v) is 17.5. The van der Waals surface area contributed by atoms with Crippen LogP contribution in [0.5, 0.6) is 0 Å². The zero-order valence-corrected chi connectivity index (χ0v) is 38.3. The molecule has 0 aromatic carbocycles. The van der Waals surface area contributed by atoms with Gasteiger partial charge in [-0.2, -0.15) is 0 Å². The maximum Gasteiger partial charge on any atom is 0.305 e. The molecule has 0 heterocycles. The summed E-state index contributed by atoms with van der Waals surface area (Å²) >= 11 is 0. The van der Waals surface area contributed by atoms with E-state index < -0.39 is 12.1 Å². The van der Waals surface area contributed by atoms with Crippen LogP contribution >= 0.6 is 0 Å². The van der Waals surface area contributed by atoms with E-state index in [-0.39, 0.29) is 18.5 Å². The Labute approximate surface area is 355 Å². The molecule has 1 amide bonds. The van der Waals surface area contributed by atoms with Gasteiger partial charge in [-0.05, 0) is 51.4 Å². The van der Waals surface area contributed by atoms with E-state index >= 15 is 0 Å². The van der Waals surface area contributed by atoms with Crippen molar-refractivity contribution in [2.24, 2.45) is 0 Å². The molecule has 0 spiro atoms. The van der Waals surface area contributed by atoms with Crippen molar-refractivity contribution in [2.45, 2.75) is 289 Å². The first kappa shape index (κ1) is 55.6. The van der Waals surface area contributed by atoms with Crippen LogP contribution in [0.3, 0.4) is 0 Å². The second-order valence-electron chi connectivity index (χ2n) is 17.5. The summed E-state index contributed by atoms with van der Waals surface area (Å²) in [6.07, 6.45) is 53.1. The van der Waals surface area contributed by atoms with Crippen molar-refractivity contribution in [1.82, 2.24) is 5.32 Å². The molecule has 2 unspecified atom stereocenters.